The van der Waals surface area contributed by atoms with Crippen LogP contribution in [0.5, 0.6) is 11.5 Å². The second-order valence-electron chi connectivity index (χ2n) is 3.74. The zero-order valence-corrected chi connectivity index (χ0v) is 8.66. The van der Waals surface area contributed by atoms with Crippen LogP contribution in [-0.4, -0.2) is 18.2 Å². The minimum atomic E-state index is -0.104. The molecular formula is C12H11NO3. The number of hydrogen-bond donors (Lipinski definition) is 1. The topological polar surface area (TPSA) is 51.3 Å². The van der Waals surface area contributed by atoms with Crippen molar-refractivity contribution in [1.29, 1.82) is 0 Å². The quantitative estimate of drug-likeness (QED) is 0.730. The van der Waals surface area contributed by atoms with Gasteiger partial charge in [-0.1, -0.05) is 0 Å². The molecule has 2 heterocycles. The SMILES string of the molecule is O=c1[nH]ccc2cc3c(cc12)OCCCO3. The molecule has 0 amide bonds. The predicted octanol–water partition coefficient (Wildman–Crippen LogP) is 1.69. The van der Waals surface area contributed by atoms with E-state index in [4.69, 9.17) is 9.47 Å². The first-order valence-electron chi connectivity index (χ1n) is 5.26. The van der Waals surface area contributed by atoms with Gasteiger partial charge in [0.1, 0.15) is 0 Å². The maximum Gasteiger partial charge on any atom is 0.255 e. The third kappa shape index (κ3) is 1.43. The zero-order chi connectivity index (χ0) is 11.0. The Balaban J connectivity index is 2.28. The molecular weight excluding hydrogens is 206 g/mol. The van der Waals surface area contributed by atoms with Crippen LogP contribution in [0.3, 0.4) is 0 Å². The molecule has 0 radical (unpaired) electrons. The average molecular weight is 217 g/mol. The fourth-order valence-electron chi connectivity index (χ4n) is 1.84. The first kappa shape index (κ1) is 9.27. The molecule has 0 bridgehead atoms. The Hall–Kier alpha value is -1.97. The Morgan fingerprint density at radius 1 is 1.12 bits per heavy atom. The summed E-state index contributed by atoms with van der Waals surface area (Å²) in [6.45, 7) is 1.28. The summed E-state index contributed by atoms with van der Waals surface area (Å²) in [6.07, 6.45) is 2.50. The van der Waals surface area contributed by atoms with Crippen LogP contribution in [-0.2, 0) is 0 Å². The molecule has 4 heteroatoms. The summed E-state index contributed by atoms with van der Waals surface area (Å²) in [4.78, 5) is 14.2. The Kier molecular flexibility index (Phi) is 2.06. The summed E-state index contributed by atoms with van der Waals surface area (Å²) in [6, 6.07) is 5.45. The van der Waals surface area contributed by atoms with Crippen molar-refractivity contribution in [3.05, 3.63) is 34.7 Å². The molecule has 1 aromatic heterocycles. The third-order valence-corrected chi connectivity index (χ3v) is 2.64. The summed E-state index contributed by atoms with van der Waals surface area (Å²) in [5, 5.41) is 1.50. The summed E-state index contributed by atoms with van der Waals surface area (Å²) < 4.78 is 11.1. The number of hydrogen-bond acceptors (Lipinski definition) is 3. The van der Waals surface area contributed by atoms with Crippen LogP contribution in [0.25, 0.3) is 10.8 Å². The van der Waals surface area contributed by atoms with Crippen molar-refractivity contribution in [3.63, 3.8) is 0 Å². The average Bonchev–Trinajstić information content (AvgIpc) is 2.52. The Bertz CT molecular complexity index is 588. The molecule has 1 aromatic carbocycles. The molecule has 1 aliphatic heterocycles. The van der Waals surface area contributed by atoms with Crippen molar-refractivity contribution >= 4 is 10.8 Å². The van der Waals surface area contributed by atoms with Gasteiger partial charge < -0.3 is 14.5 Å². The van der Waals surface area contributed by atoms with Crippen molar-refractivity contribution in [2.24, 2.45) is 0 Å². The Morgan fingerprint density at radius 3 is 2.69 bits per heavy atom. The second kappa shape index (κ2) is 3.56. The highest BCUT2D eigenvalue weighted by Crippen LogP contribution is 2.32. The molecule has 0 aliphatic carbocycles. The lowest BCUT2D eigenvalue weighted by atomic mass is 10.1. The first-order chi connectivity index (χ1) is 7.84. The van der Waals surface area contributed by atoms with Crippen molar-refractivity contribution < 1.29 is 9.47 Å². The van der Waals surface area contributed by atoms with Gasteiger partial charge in [-0.05, 0) is 23.6 Å². The van der Waals surface area contributed by atoms with Crippen LogP contribution in [0.4, 0.5) is 0 Å². The minimum absolute atomic E-state index is 0.104. The molecule has 3 rings (SSSR count). The maximum atomic E-state index is 11.6. The zero-order valence-electron chi connectivity index (χ0n) is 8.66. The van der Waals surface area contributed by atoms with Crippen LogP contribution in [0.1, 0.15) is 6.42 Å². The Morgan fingerprint density at radius 2 is 1.88 bits per heavy atom. The van der Waals surface area contributed by atoms with E-state index in [1.165, 1.54) is 0 Å². The number of rotatable bonds is 0. The maximum absolute atomic E-state index is 11.6. The normalized spacial score (nSPS) is 14.8. The highest BCUT2D eigenvalue weighted by molar-refractivity contribution is 5.85. The lowest BCUT2D eigenvalue weighted by molar-refractivity contribution is 0.297. The van der Waals surface area contributed by atoms with E-state index in [1.807, 2.05) is 12.1 Å². The number of ether oxygens (including phenoxy) is 2. The Labute approximate surface area is 91.8 Å². The number of aromatic nitrogens is 1. The van der Waals surface area contributed by atoms with Gasteiger partial charge in [-0.3, -0.25) is 4.79 Å². The van der Waals surface area contributed by atoms with Crippen LogP contribution in [0.2, 0.25) is 0 Å². The molecule has 0 spiro atoms. The number of nitrogens with one attached hydrogen (secondary N) is 1. The van der Waals surface area contributed by atoms with Crippen LogP contribution in [0, 0.1) is 0 Å². The standard InChI is InChI=1S/C12H11NO3/c14-12-9-7-11-10(15-4-1-5-16-11)6-8(9)2-3-13-12/h2-3,6-7H,1,4-5H2,(H,13,14). The van der Waals surface area contributed by atoms with E-state index in [1.54, 1.807) is 12.3 Å². The number of benzene rings is 1. The van der Waals surface area contributed by atoms with Crippen LogP contribution < -0.4 is 15.0 Å². The molecule has 0 unspecified atom stereocenters. The van der Waals surface area contributed by atoms with Gasteiger partial charge >= 0.3 is 0 Å². The van der Waals surface area contributed by atoms with E-state index in [9.17, 15) is 4.79 Å². The number of aromatic amines is 1. The molecule has 0 saturated heterocycles. The fourth-order valence-corrected chi connectivity index (χ4v) is 1.84. The van der Waals surface area contributed by atoms with Gasteiger partial charge in [0.05, 0.1) is 18.6 Å². The first-order valence-corrected chi connectivity index (χ1v) is 5.26. The molecule has 0 atom stereocenters. The van der Waals surface area contributed by atoms with Crippen LogP contribution in [0.15, 0.2) is 29.2 Å². The summed E-state index contributed by atoms with van der Waals surface area (Å²) in [5.74, 6) is 1.37. The number of fused-ring (bicyclic) bond motifs is 2. The van der Waals surface area contributed by atoms with Gasteiger partial charge in [-0.2, -0.15) is 0 Å². The van der Waals surface area contributed by atoms with Gasteiger partial charge in [0, 0.05) is 12.6 Å². The highest BCUT2D eigenvalue weighted by Gasteiger charge is 2.12. The molecule has 2 aromatic rings. The van der Waals surface area contributed by atoms with E-state index in [2.05, 4.69) is 4.98 Å². The summed E-state index contributed by atoms with van der Waals surface area (Å²) in [5.41, 5.74) is -0.104. The van der Waals surface area contributed by atoms with Crippen molar-refractivity contribution in [2.45, 2.75) is 6.42 Å². The van der Waals surface area contributed by atoms with Crippen molar-refractivity contribution in [2.75, 3.05) is 13.2 Å². The monoisotopic (exact) mass is 217 g/mol. The molecule has 1 aliphatic rings. The summed E-state index contributed by atoms with van der Waals surface area (Å²) in [7, 11) is 0. The van der Waals surface area contributed by atoms with E-state index in [0.717, 1.165) is 17.6 Å². The highest BCUT2D eigenvalue weighted by atomic mass is 16.5. The molecule has 1 N–H and O–H groups in total. The van der Waals surface area contributed by atoms with Crippen molar-refractivity contribution in [1.82, 2.24) is 4.98 Å². The largest absolute Gasteiger partial charge is 0.490 e. The molecule has 82 valence electrons. The van der Waals surface area contributed by atoms with E-state index in [0.29, 0.717) is 24.3 Å². The van der Waals surface area contributed by atoms with E-state index >= 15 is 0 Å². The summed E-state index contributed by atoms with van der Waals surface area (Å²) >= 11 is 0. The van der Waals surface area contributed by atoms with Gasteiger partial charge in [-0.15, -0.1) is 0 Å². The lowest BCUT2D eigenvalue weighted by Gasteiger charge is -2.07. The minimum Gasteiger partial charge on any atom is -0.490 e. The third-order valence-electron chi connectivity index (χ3n) is 2.64. The molecule has 16 heavy (non-hydrogen) atoms. The number of H-pyrrole nitrogens is 1. The lowest BCUT2D eigenvalue weighted by Crippen LogP contribution is -2.04. The fraction of sp³-hybridized carbons (Fsp3) is 0.250. The van der Waals surface area contributed by atoms with E-state index in [-0.39, 0.29) is 5.56 Å². The van der Waals surface area contributed by atoms with Gasteiger partial charge in [0.25, 0.3) is 5.56 Å². The molecule has 0 fully saturated rings. The molecule has 4 nitrogen and oxygen atoms in total. The molecule has 0 saturated carbocycles. The smallest absolute Gasteiger partial charge is 0.255 e. The van der Waals surface area contributed by atoms with Gasteiger partial charge in [-0.25, -0.2) is 0 Å². The van der Waals surface area contributed by atoms with Crippen molar-refractivity contribution in [3.8, 4) is 11.5 Å². The van der Waals surface area contributed by atoms with E-state index < -0.39 is 0 Å². The van der Waals surface area contributed by atoms with Crippen LogP contribution >= 0.6 is 0 Å². The predicted molar refractivity (Wildman–Crippen MR) is 60.2 cm³/mol. The van der Waals surface area contributed by atoms with Gasteiger partial charge in [0.2, 0.25) is 0 Å². The number of pyridine rings is 1. The van der Waals surface area contributed by atoms with Gasteiger partial charge in [0.15, 0.2) is 11.5 Å². The second-order valence-corrected chi connectivity index (χ2v) is 3.74.